The molecule has 3 aromatic rings. The summed E-state index contributed by atoms with van der Waals surface area (Å²) < 4.78 is 1.11. The van der Waals surface area contributed by atoms with Crippen molar-refractivity contribution in [1.82, 2.24) is 15.1 Å². The Morgan fingerprint density at radius 1 is 1.08 bits per heavy atom. The first kappa shape index (κ1) is 17.7. The third-order valence-electron chi connectivity index (χ3n) is 3.82. The number of hydrogen-bond acceptors (Lipinski definition) is 3. The monoisotopic (exact) mass is 368 g/mol. The van der Waals surface area contributed by atoms with Crippen molar-refractivity contribution >= 4 is 29.2 Å². The summed E-state index contributed by atoms with van der Waals surface area (Å²) in [6.45, 7) is 0.377. The summed E-state index contributed by atoms with van der Waals surface area (Å²) in [7, 11) is 1.61. The molecule has 0 saturated carbocycles. The maximum Gasteiger partial charge on any atom is 0.342 e. The Labute approximate surface area is 156 Å². The van der Waals surface area contributed by atoms with E-state index >= 15 is 0 Å². The number of halogens is 1. The Morgan fingerprint density at radius 3 is 2.50 bits per heavy atom. The van der Waals surface area contributed by atoms with Gasteiger partial charge in [-0.2, -0.15) is 9.78 Å². The van der Waals surface area contributed by atoms with Crippen LogP contribution in [0.1, 0.15) is 16.1 Å². The summed E-state index contributed by atoms with van der Waals surface area (Å²) >= 11 is 6.12. The largest absolute Gasteiger partial charge is 0.342 e. The first-order valence-electron chi connectivity index (χ1n) is 7.96. The summed E-state index contributed by atoms with van der Waals surface area (Å²) in [5, 5.41) is 7.28. The standard InChI is InChI=1S/C19H17ClN4O2/c1-23(17-10-6-5-9-15(17)20)18(25)16-11-12-24(22-16)19(26)21-13-14-7-3-2-4-8-14/h2-12H,13H2,1H3,(H,21,26). The molecule has 0 aliphatic rings. The number of nitrogens with one attached hydrogen (secondary N) is 1. The van der Waals surface area contributed by atoms with Gasteiger partial charge in [0.2, 0.25) is 0 Å². The van der Waals surface area contributed by atoms with E-state index < -0.39 is 6.03 Å². The molecule has 0 aliphatic heterocycles. The van der Waals surface area contributed by atoms with E-state index in [0.29, 0.717) is 17.3 Å². The lowest BCUT2D eigenvalue weighted by Gasteiger charge is -2.17. The summed E-state index contributed by atoms with van der Waals surface area (Å²) in [6, 6.07) is 17.6. The molecule has 0 aliphatic carbocycles. The van der Waals surface area contributed by atoms with E-state index in [0.717, 1.165) is 10.2 Å². The lowest BCUT2D eigenvalue weighted by atomic mass is 10.2. The van der Waals surface area contributed by atoms with Gasteiger partial charge in [-0.25, -0.2) is 4.79 Å². The maximum atomic E-state index is 12.6. The van der Waals surface area contributed by atoms with E-state index in [1.807, 2.05) is 30.3 Å². The highest BCUT2D eigenvalue weighted by Crippen LogP contribution is 2.25. The highest BCUT2D eigenvalue weighted by atomic mass is 35.5. The number of nitrogens with zero attached hydrogens (tertiary/aromatic N) is 3. The van der Waals surface area contributed by atoms with E-state index in [2.05, 4.69) is 10.4 Å². The van der Waals surface area contributed by atoms with Gasteiger partial charge in [-0.3, -0.25) is 4.79 Å². The number of anilines is 1. The summed E-state index contributed by atoms with van der Waals surface area (Å²) in [5.74, 6) is -0.354. The normalized spacial score (nSPS) is 10.4. The molecule has 3 rings (SSSR count). The zero-order valence-electron chi connectivity index (χ0n) is 14.1. The lowest BCUT2D eigenvalue weighted by Crippen LogP contribution is -2.30. The van der Waals surface area contributed by atoms with Crippen molar-refractivity contribution in [2.24, 2.45) is 0 Å². The minimum absolute atomic E-state index is 0.155. The van der Waals surface area contributed by atoms with Gasteiger partial charge in [0.1, 0.15) is 0 Å². The second kappa shape index (κ2) is 7.84. The van der Waals surface area contributed by atoms with E-state index in [4.69, 9.17) is 11.6 Å². The van der Waals surface area contributed by atoms with Crippen LogP contribution in [0.4, 0.5) is 10.5 Å². The van der Waals surface area contributed by atoms with Crippen LogP contribution >= 0.6 is 11.6 Å². The number of aromatic nitrogens is 2. The molecule has 0 fully saturated rings. The first-order chi connectivity index (χ1) is 12.6. The van der Waals surface area contributed by atoms with Crippen molar-refractivity contribution in [1.29, 1.82) is 0 Å². The van der Waals surface area contributed by atoms with E-state index in [1.54, 1.807) is 31.3 Å². The molecule has 0 atom stereocenters. The van der Waals surface area contributed by atoms with Gasteiger partial charge >= 0.3 is 6.03 Å². The molecular formula is C19H17ClN4O2. The van der Waals surface area contributed by atoms with Crippen LogP contribution < -0.4 is 10.2 Å². The van der Waals surface area contributed by atoms with Gasteiger partial charge in [0, 0.05) is 19.8 Å². The van der Waals surface area contributed by atoms with Gasteiger partial charge in [0.25, 0.3) is 5.91 Å². The van der Waals surface area contributed by atoms with Gasteiger partial charge in [-0.05, 0) is 23.8 Å². The van der Waals surface area contributed by atoms with Crippen molar-refractivity contribution in [2.75, 3.05) is 11.9 Å². The third kappa shape index (κ3) is 3.92. The molecule has 0 bridgehead atoms. The highest BCUT2D eigenvalue weighted by molar-refractivity contribution is 6.34. The zero-order valence-corrected chi connectivity index (χ0v) is 14.8. The number of rotatable bonds is 4. The molecule has 0 unspecified atom stereocenters. The topological polar surface area (TPSA) is 67.2 Å². The number of hydrogen-bond donors (Lipinski definition) is 1. The molecule has 6 nitrogen and oxygen atoms in total. The maximum absolute atomic E-state index is 12.6. The molecular weight excluding hydrogens is 352 g/mol. The second-order valence-electron chi connectivity index (χ2n) is 5.61. The molecule has 26 heavy (non-hydrogen) atoms. The SMILES string of the molecule is CN(C(=O)c1ccn(C(=O)NCc2ccccc2)n1)c1ccccc1Cl. The average molecular weight is 369 g/mol. The van der Waals surface area contributed by atoms with Crippen LogP contribution in [0.5, 0.6) is 0 Å². The Bertz CT molecular complexity index is 924. The Morgan fingerprint density at radius 2 is 1.77 bits per heavy atom. The average Bonchev–Trinajstić information content (AvgIpc) is 3.16. The minimum atomic E-state index is -0.409. The Kier molecular flexibility index (Phi) is 5.34. The molecule has 1 N–H and O–H groups in total. The molecule has 7 heteroatoms. The van der Waals surface area contributed by atoms with Crippen molar-refractivity contribution in [3.05, 3.63) is 83.1 Å². The van der Waals surface area contributed by atoms with Crippen molar-refractivity contribution < 1.29 is 9.59 Å². The molecule has 132 valence electrons. The predicted octanol–water partition coefficient (Wildman–Crippen LogP) is 3.57. The Hall–Kier alpha value is -3.12. The van der Waals surface area contributed by atoms with Crippen LogP contribution in [0.15, 0.2) is 66.9 Å². The van der Waals surface area contributed by atoms with Crippen molar-refractivity contribution in [3.63, 3.8) is 0 Å². The number of carbonyl (C=O) groups excluding carboxylic acids is 2. The van der Waals surface area contributed by atoms with Crippen LogP contribution in [0, 0.1) is 0 Å². The summed E-state index contributed by atoms with van der Waals surface area (Å²) in [5.41, 5.74) is 1.70. The van der Waals surface area contributed by atoms with Gasteiger partial charge in [-0.1, -0.05) is 54.1 Å². The number of benzene rings is 2. The van der Waals surface area contributed by atoms with Crippen LogP contribution in [-0.2, 0) is 6.54 Å². The van der Waals surface area contributed by atoms with Crippen LogP contribution in [0.2, 0.25) is 5.02 Å². The fourth-order valence-electron chi connectivity index (χ4n) is 2.41. The van der Waals surface area contributed by atoms with E-state index in [1.165, 1.54) is 17.2 Å². The van der Waals surface area contributed by atoms with Crippen LogP contribution in [0.3, 0.4) is 0 Å². The van der Waals surface area contributed by atoms with Gasteiger partial charge in [0.05, 0.1) is 10.7 Å². The van der Waals surface area contributed by atoms with Gasteiger partial charge < -0.3 is 10.2 Å². The van der Waals surface area contributed by atoms with Gasteiger partial charge in [-0.15, -0.1) is 0 Å². The molecule has 1 heterocycles. The van der Waals surface area contributed by atoms with Crippen molar-refractivity contribution in [3.8, 4) is 0 Å². The quantitative estimate of drug-likeness (QED) is 0.765. The van der Waals surface area contributed by atoms with Crippen LogP contribution in [-0.4, -0.2) is 28.8 Å². The second-order valence-corrected chi connectivity index (χ2v) is 6.01. The molecule has 0 spiro atoms. The van der Waals surface area contributed by atoms with E-state index in [-0.39, 0.29) is 11.6 Å². The molecule has 2 aromatic carbocycles. The number of carbonyl (C=O) groups is 2. The smallest absolute Gasteiger partial charge is 0.332 e. The molecule has 2 amide bonds. The molecule has 0 saturated heterocycles. The first-order valence-corrected chi connectivity index (χ1v) is 8.34. The highest BCUT2D eigenvalue weighted by Gasteiger charge is 2.19. The zero-order chi connectivity index (χ0) is 18.5. The van der Waals surface area contributed by atoms with Crippen LogP contribution in [0.25, 0.3) is 0 Å². The fraction of sp³-hybridized carbons (Fsp3) is 0.105. The van der Waals surface area contributed by atoms with Crippen molar-refractivity contribution in [2.45, 2.75) is 6.54 Å². The minimum Gasteiger partial charge on any atom is -0.332 e. The third-order valence-corrected chi connectivity index (χ3v) is 4.14. The summed E-state index contributed by atoms with van der Waals surface area (Å²) in [6.07, 6.45) is 1.45. The Balaban J connectivity index is 1.68. The lowest BCUT2D eigenvalue weighted by molar-refractivity contribution is 0.0988. The molecule has 1 aromatic heterocycles. The fourth-order valence-corrected chi connectivity index (χ4v) is 2.67. The van der Waals surface area contributed by atoms with Gasteiger partial charge in [0.15, 0.2) is 5.69 Å². The summed E-state index contributed by atoms with van der Waals surface area (Å²) in [4.78, 5) is 26.2. The predicted molar refractivity (Wildman–Crippen MR) is 100 cm³/mol. The number of para-hydroxylation sites is 1. The molecule has 0 radical (unpaired) electrons. The number of amides is 2. The van der Waals surface area contributed by atoms with E-state index in [9.17, 15) is 9.59 Å².